The average Bonchev–Trinajstić information content (AvgIpc) is 3.24. The van der Waals surface area contributed by atoms with E-state index in [1.54, 1.807) is 0 Å². The largest absolute Gasteiger partial charge is 0.356 e. The lowest BCUT2D eigenvalue weighted by Gasteiger charge is -2.22. The Morgan fingerprint density at radius 1 is 1.35 bits per heavy atom. The summed E-state index contributed by atoms with van der Waals surface area (Å²) in [6.07, 6.45) is 4.75. The smallest absolute Gasteiger partial charge is 0.220 e. The lowest BCUT2D eigenvalue weighted by atomic mass is 10.2. The highest BCUT2D eigenvalue weighted by Gasteiger charge is 2.23. The molecule has 1 saturated carbocycles. The zero-order valence-electron chi connectivity index (χ0n) is 13.5. The van der Waals surface area contributed by atoms with Gasteiger partial charge < -0.3 is 15.5 Å². The van der Waals surface area contributed by atoms with Crippen LogP contribution in [0.25, 0.3) is 0 Å². The second-order valence-corrected chi connectivity index (χ2v) is 5.95. The van der Waals surface area contributed by atoms with Gasteiger partial charge in [0.2, 0.25) is 5.91 Å². The number of nitrogens with zero attached hydrogens (tertiary/aromatic N) is 2. The van der Waals surface area contributed by atoms with Crippen molar-refractivity contribution in [3.63, 3.8) is 0 Å². The van der Waals surface area contributed by atoms with E-state index in [1.807, 2.05) is 7.05 Å². The quantitative estimate of drug-likeness (QED) is 0.328. The van der Waals surface area contributed by atoms with Crippen molar-refractivity contribution < 1.29 is 4.79 Å². The van der Waals surface area contributed by atoms with Crippen LogP contribution in [0.1, 0.15) is 31.2 Å². The van der Waals surface area contributed by atoms with Gasteiger partial charge in [-0.25, -0.2) is 0 Å². The summed E-state index contributed by atoms with van der Waals surface area (Å²) in [6, 6.07) is 8.90. The Balaban J connectivity index is 0.00000192. The minimum Gasteiger partial charge on any atom is -0.356 e. The molecule has 23 heavy (non-hydrogen) atoms. The van der Waals surface area contributed by atoms with E-state index in [-0.39, 0.29) is 29.9 Å². The first kappa shape index (κ1) is 18.0. The van der Waals surface area contributed by atoms with E-state index in [0.717, 1.165) is 44.7 Å². The number of amides is 1. The van der Waals surface area contributed by atoms with Gasteiger partial charge in [0.25, 0.3) is 0 Å². The number of anilines is 1. The molecular weight excluding hydrogens is 403 g/mol. The molecule has 3 rings (SSSR count). The van der Waals surface area contributed by atoms with Crippen LogP contribution in [0.15, 0.2) is 29.3 Å². The van der Waals surface area contributed by atoms with Crippen LogP contribution >= 0.6 is 24.0 Å². The van der Waals surface area contributed by atoms with Crippen molar-refractivity contribution in [1.82, 2.24) is 10.6 Å². The van der Waals surface area contributed by atoms with Crippen LogP contribution in [0.4, 0.5) is 5.69 Å². The monoisotopic (exact) mass is 428 g/mol. The predicted octanol–water partition coefficient (Wildman–Crippen LogP) is 2.30. The molecule has 5 nitrogen and oxygen atoms in total. The molecule has 1 amide bonds. The second kappa shape index (κ2) is 8.52. The Morgan fingerprint density at radius 2 is 2.13 bits per heavy atom. The maximum atomic E-state index is 11.6. The third-order valence-corrected chi connectivity index (χ3v) is 4.16. The average molecular weight is 428 g/mol. The van der Waals surface area contributed by atoms with Gasteiger partial charge in [-0.1, -0.05) is 18.2 Å². The number of aliphatic imine (C=N–C) groups is 1. The number of para-hydroxylation sites is 1. The summed E-state index contributed by atoms with van der Waals surface area (Å²) in [5.41, 5.74) is 2.61. The Bertz CT molecular complexity index is 571. The fourth-order valence-corrected chi connectivity index (χ4v) is 2.83. The van der Waals surface area contributed by atoms with Crippen LogP contribution < -0.4 is 15.5 Å². The molecule has 1 aliphatic heterocycles. The molecule has 2 aliphatic rings. The van der Waals surface area contributed by atoms with Gasteiger partial charge in [0.05, 0.1) is 0 Å². The van der Waals surface area contributed by atoms with E-state index in [0.29, 0.717) is 12.5 Å². The predicted molar refractivity (Wildman–Crippen MR) is 105 cm³/mol. The van der Waals surface area contributed by atoms with Gasteiger partial charge in [0.1, 0.15) is 0 Å². The highest BCUT2D eigenvalue weighted by atomic mass is 127. The van der Waals surface area contributed by atoms with Crippen molar-refractivity contribution in [3.05, 3.63) is 29.8 Å². The van der Waals surface area contributed by atoms with E-state index in [2.05, 4.69) is 44.8 Å². The first-order valence-corrected chi connectivity index (χ1v) is 8.13. The SMILES string of the molecule is CN=C(NCCCC(=O)NC1CC1)N1CCc2ccccc21.I. The summed E-state index contributed by atoms with van der Waals surface area (Å²) in [5, 5.41) is 6.39. The lowest BCUT2D eigenvalue weighted by molar-refractivity contribution is -0.121. The number of halogens is 1. The van der Waals surface area contributed by atoms with Gasteiger partial charge in [-0.3, -0.25) is 9.79 Å². The van der Waals surface area contributed by atoms with Gasteiger partial charge >= 0.3 is 0 Å². The van der Waals surface area contributed by atoms with E-state index in [9.17, 15) is 4.79 Å². The van der Waals surface area contributed by atoms with Crippen LogP contribution in [-0.2, 0) is 11.2 Å². The van der Waals surface area contributed by atoms with Crippen LogP contribution in [0.2, 0.25) is 0 Å². The van der Waals surface area contributed by atoms with Crippen molar-refractivity contribution >= 4 is 41.5 Å². The van der Waals surface area contributed by atoms with E-state index >= 15 is 0 Å². The van der Waals surface area contributed by atoms with Crippen LogP contribution in [0, 0.1) is 0 Å². The summed E-state index contributed by atoms with van der Waals surface area (Å²) in [5.74, 6) is 1.07. The third-order valence-electron chi connectivity index (χ3n) is 4.16. The van der Waals surface area contributed by atoms with E-state index < -0.39 is 0 Å². The molecule has 0 atom stereocenters. The standard InChI is InChI=1S/C17H24N4O.HI/c1-18-17(19-11-4-7-16(22)20-14-8-9-14)21-12-10-13-5-2-3-6-15(13)21;/h2-3,5-6,14H,4,7-12H2,1H3,(H,18,19)(H,20,22);1H. The zero-order valence-corrected chi connectivity index (χ0v) is 15.9. The van der Waals surface area contributed by atoms with Gasteiger partial charge in [-0.2, -0.15) is 0 Å². The van der Waals surface area contributed by atoms with Crippen molar-refractivity contribution in [2.75, 3.05) is 25.0 Å². The molecule has 0 unspecified atom stereocenters. The van der Waals surface area contributed by atoms with E-state index in [1.165, 1.54) is 11.3 Å². The minimum absolute atomic E-state index is 0. The fraction of sp³-hybridized carbons (Fsp3) is 0.529. The molecular formula is C17H25IN4O. The molecule has 1 fully saturated rings. The summed E-state index contributed by atoms with van der Waals surface area (Å²) in [7, 11) is 1.81. The summed E-state index contributed by atoms with van der Waals surface area (Å²) >= 11 is 0. The van der Waals surface area contributed by atoms with Crippen molar-refractivity contribution in [3.8, 4) is 0 Å². The molecule has 6 heteroatoms. The van der Waals surface area contributed by atoms with Gasteiger partial charge in [0, 0.05) is 38.3 Å². The molecule has 0 spiro atoms. The Morgan fingerprint density at radius 3 is 2.87 bits per heavy atom. The fourth-order valence-electron chi connectivity index (χ4n) is 2.83. The molecule has 0 aromatic heterocycles. The third kappa shape index (κ3) is 4.83. The first-order valence-electron chi connectivity index (χ1n) is 8.13. The van der Waals surface area contributed by atoms with Gasteiger partial charge in [-0.05, 0) is 37.3 Å². The number of hydrogen-bond donors (Lipinski definition) is 2. The molecule has 0 saturated heterocycles. The topological polar surface area (TPSA) is 56.7 Å². The van der Waals surface area contributed by atoms with Crippen LogP contribution in [0.5, 0.6) is 0 Å². The molecule has 1 aliphatic carbocycles. The molecule has 0 radical (unpaired) electrons. The van der Waals surface area contributed by atoms with Gasteiger partial charge in [0.15, 0.2) is 5.96 Å². The molecule has 2 N–H and O–H groups in total. The summed E-state index contributed by atoms with van der Waals surface area (Å²) in [6.45, 7) is 1.73. The molecule has 1 heterocycles. The number of carbonyl (C=O) groups is 1. The van der Waals surface area contributed by atoms with Crippen LogP contribution in [-0.4, -0.2) is 38.0 Å². The van der Waals surface area contributed by atoms with E-state index in [4.69, 9.17) is 0 Å². The zero-order chi connectivity index (χ0) is 15.4. The molecule has 1 aromatic rings. The van der Waals surface area contributed by atoms with Crippen molar-refractivity contribution in [2.45, 2.75) is 38.1 Å². The first-order chi connectivity index (χ1) is 10.8. The normalized spacial score (nSPS) is 16.6. The number of fused-ring (bicyclic) bond motifs is 1. The number of guanidine groups is 1. The number of nitrogens with one attached hydrogen (secondary N) is 2. The van der Waals surface area contributed by atoms with Crippen molar-refractivity contribution in [1.29, 1.82) is 0 Å². The van der Waals surface area contributed by atoms with Crippen molar-refractivity contribution in [2.24, 2.45) is 4.99 Å². The number of rotatable bonds is 5. The Kier molecular flexibility index (Phi) is 6.68. The Hall–Kier alpha value is -1.31. The Labute approximate surface area is 154 Å². The number of benzene rings is 1. The second-order valence-electron chi connectivity index (χ2n) is 5.95. The highest BCUT2D eigenvalue weighted by molar-refractivity contribution is 14.0. The number of hydrogen-bond acceptors (Lipinski definition) is 2. The minimum atomic E-state index is 0. The maximum absolute atomic E-state index is 11.6. The molecule has 126 valence electrons. The number of carbonyl (C=O) groups excluding carboxylic acids is 1. The summed E-state index contributed by atoms with van der Waals surface area (Å²) < 4.78 is 0. The highest BCUT2D eigenvalue weighted by Crippen LogP contribution is 2.27. The summed E-state index contributed by atoms with van der Waals surface area (Å²) in [4.78, 5) is 18.2. The maximum Gasteiger partial charge on any atom is 0.220 e. The molecule has 0 bridgehead atoms. The molecule has 1 aromatic carbocycles. The van der Waals surface area contributed by atoms with Crippen LogP contribution in [0.3, 0.4) is 0 Å². The lowest BCUT2D eigenvalue weighted by Crippen LogP contribution is -2.41. The van der Waals surface area contributed by atoms with Gasteiger partial charge in [-0.15, -0.1) is 24.0 Å².